The maximum atomic E-state index is 13.1. The number of nitrogens with one attached hydrogen (secondary N) is 1. The molecule has 0 aliphatic carbocycles. The van der Waals surface area contributed by atoms with Gasteiger partial charge in [0.2, 0.25) is 0 Å². The van der Waals surface area contributed by atoms with Gasteiger partial charge in [-0.2, -0.15) is 16.4 Å². The normalized spacial score (nSPS) is 12.9. The van der Waals surface area contributed by atoms with Gasteiger partial charge in [0.25, 0.3) is 5.91 Å². The molecule has 0 aliphatic heterocycles. The van der Waals surface area contributed by atoms with Gasteiger partial charge in [0.05, 0.1) is 22.7 Å². The molecule has 3 heterocycles. The van der Waals surface area contributed by atoms with E-state index in [0.717, 1.165) is 22.4 Å². The van der Waals surface area contributed by atoms with Crippen molar-refractivity contribution in [3.05, 3.63) is 45.4 Å². The fourth-order valence-electron chi connectivity index (χ4n) is 3.29. The lowest BCUT2D eigenvalue weighted by Crippen LogP contribution is -2.34. The SMILES string of the molecule is Cc1nn(C)c2nc(C(C)C)cc(C(=O)NCC(c3ccsc3)N(C)C)c12. The number of fused-ring (bicyclic) bond motifs is 1. The molecule has 0 radical (unpaired) electrons. The zero-order valence-electron chi connectivity index (χ0n) is 16.8. The number of rotatable bonds is 6. The number of thiophene rings is 1. The van der Waals surface area contributed by atoms with Crippen LogP contribution in [0.15, 0.2) is 22.9 Å². The van der Waals surface area contributed by atoms with Crippen LogP contribution in [0, 0.1) is 6.92 Å². The van der Waals surface area contributed by atoms with Gasteiger partial charge >= 0.3 is 0 Å². The van der Waals surface area contributed by atoms with Crippen molar-refractivity contribution in [3.8, 4) is 0 Å². The average molecular weight is 386 g/mol. The van der Waals surface area contributed by atoms with Crippen LogP contribution in [0.1, 0.15) is 53.1 Å². The lowest BCUT2D eigenvalue weighted by Gasteiger charge is -2.24. The Labute approximate surface area is 164 Å². The van der Waals surface area contributed by atoms with E-state index in [1.54, 1.807) is 16.0 Å². The van der Waals surface area contributed by atoms with Crippen LogP contribution >= 0.6 is 11.3 Å². The second-order valence-electron chi connectivity index (χ2n) is 7.40. The first-order valence-electron chi connectivity index (χ1n) is 9.10. The van der Waals surface area contributed by atoms with E-state index in [0.29, 0.717) is 12.1 Å². The third-order valence-corrected chi connectivity index (χ3v) is 5.53. The molecule has 1 atom stereocenters. The van der Waals surface area contributed by atoms with Gasteiger partial charge in [0, 0.05) is 19.3 Å². The van der Waals surface area contributed by atoms with Gasteiger partial charge in [-0.05, 0) is 55.4 Å². The number of amides is 1. The fourth-order valence-corrected chi connectivity index (χ4v) is 3.99. The van der Waals surface area contributed by atoms with E-state index < -0.39 is 0 Å². The highest BCUT2D eigenvalue weighted by Gasteiger charge is 2.21. The van der Waals surface area contributed by atoms with Crippen molar-refractivity contribution in [2.45, 2.75) is 32.7 Å². The van der Waals surface area contributed by atoms with Crippen molar-refractivity contribution in [3.63, 3.8) is 0 Å². The Bertz CT molecular complexity index is 943. The Hall–Kier alpha value is -2.25. The van der Waals surface area contributed by atoms with Crippen LogP contribution in [-0.4, -0.2) is 46.2 Å². The van der Waals surface area contributed by atoms with Gasteiger partial charge in [-0.1, -0.05) is 13.8 Å². The Balaban J connectivity index is 1.93. The first-order valence-corrected chi connectivity index (χ1v) is 10.0. The highest BCUT2D eigenvalue weighted by molar-refractivity contribution is 7.07. The van der Waals surface area contributed by atoms with Crippen LogP contribution in [-0.2, 0) is 7.05 Å². The summed E-state index contributed by atoms with van der Waals surface area (Å²) < 4.78 is 1.75. The molecule has 0 aliphatic rings. The first kappa shape index (κ1) is 19.5. The van der Waals surface area contributed by atoms with E-state index in [9.17, 15) is 4.79 Å². The van der Waals surface area contributed by atoms with Crippen molar-refractivity contribution in [1.82, 2.24) is 25.0 Å². The minimum atomic E-state index is -0.0810. The molecule has 0 fully saturated rings. The van der Waals surface area contributed by atoms with Gasteiger partial charge in [-0.25, -0.2) is 4.98 Å². The molecule has 6 nitrogen and oxygen atoms in total. The molecule has 1 unspecified atom stereocenters. The van der Waals surface area contributed by atoms with Crippen LogP contribution < -0.4 is 5.32 Å². The highest BCUT2D eigenvalue weighted by atomic mass is 32.1. The van der Waals surface area contributed by atoms with E-state index in [4.69, 9.17) is 4.98 Å². The Morgan fingerprint density at radius 2 is 2.11 bits per heavy atom. The third-order valence-electron chi connectivity index (χ3n) is 4.83. The van der Waals surface area contributed by atoms with E-state index in [-0.39, 0.29) is 17.9 Å². The predicted octanol–water partition coefficient (Wildman–Crippen LogP) is 3.49. The molecule has 1 amide bonds. The van der Waals surface area contributed by atoms with E-state index in [1.807, 2.05) is 34.1 Å². The van der Waals surface area contributed by atoms with Crippen molar-refractivity contribution < 1.29 is 4.79 Å². The number of aryl methyl sites for hydroxylation is 2. The summed E-state index contributed by atoms with van der Waals surface area (Å²) in [5.41, 5.74) is 4.34. The number of nitrogens with zero attached hydrogens (tertiary/aromatic N) is 4. The minimum absolute atomic E-state index is 0.0810. The summed E-state index contributed by atoms with van der Waals surface area (Å²) in [4.78, 5) is 19.9. The molecular weight excluding hydrogens is 358 g/mol. The summed E-state index contributed by atoms with van der Waals surface area (Å²) in [6.45, 7) is 6.63. The van der Waals surface area contributed by atoms with Crippen molar-refractivity contribution in [1.29, 1.82) is 0 Å². The average Bonchev–Trinajstić information content (AvgIpc) is 3.23. The number of aromatic nitrogens is 3. The Morgan fingerprint density at radius 3 is 2.70 bits per heavy atom. The Morgan fingerprint density at radius 1 is 1.37 bits per heavy atom. The summed E-state index contributed by atoms with van der Waals surface area (Å²) in [5, 5.41) is 12.6. The van der Waals surface area contributed by atoms with E-state index >= 15 is 0 Å². The molecule has 3 aromatic heterocycles. The van der Waals surface area contributed by atoms with Gasteiger partial charge in [-0.15, -0.1) is 0 Å². The maximum Gasteiger partial charge on any atom is 0.252 e. The number of hydrogen-bond acceptors (Lipinski definition) is 5. The second-order valence-corrected chi connectivity index (χ2v) is 8.18. The van der Waals surface area contributed by atoms with Crippen LogP contribution in [0.25, 0.3) is 11.0 Å². The molecule has 0 bridgehead atoms. The van der Waals surface area contributed by atoms with Crippen molar-refractivity contribution in [2.75, 3.05) is 20.6 Å². The summed E-state index contributed by atoms with van der Waals surface area (Å²) in [6.07, 6.45) is 0. The predicted molar refractivity (Wildman–Crippen MR) is 110 cm³/mol. The van der Waals surface area contributed by atoms with E-state index in [1.165, 1.54) is 5.56 Å². The number of carbonyl (C=O) groups excluding carboxylic acids is 1. The minimum Gasteiger partial charge on any atom is -0.350 e. The topological polar surface area (TPSA) is 63.1 Å². The molecule has 0 saturated heterocycles. The van der Waals surface area contributed by atoms with Crippen molar-refractivity contribution in [2.24, 2.45) is 7.05 Å². The zero-order valence-corrected chi connectivity index (χ0v) is 17.6. The quantitative estimate of drug-likeness (QED) is 0.705. The molecule has 7 heteroatoms. The van der Waals surface area contributed by atoms with Crippen LogP contribution in [0.3, 0.4) is 0 Å². The lowest BCUT2D eigenvalue weighted by molar-refractivity contribution is 0.0943. The maximum absolute atomic E-state index is 13.1. The fraction of sp³-hybridized carbons (Fsp3) is 0.450. The number of likely N-dealkylation sites (N-methyl/N-ethyl adjacent to an activating group) is 1. The molecule has 0 saturated carbocycles. The van der Waals surface area contributed by atoms with Gasteiger partial charge < -0.3 is 10.2 Å². The highest BCUT2D eigenvalue weighted by Crippen LogP contribution is 2.25. The molecule has 1 N–H and O–H groups in total. The van der Waals surface area contributed by atoms with Crippen LogP contribution in [0.5, 0.6) is 0 Å². The molecule has 3 rings (SSSR count). The largest absolute Gasteiger partial charge is 0.350 e. The second kappa shape index (κ2) is 7.78. The molecular formula is C20H27N5OS. The molecule has 0 aromatic carbocycles. The molecule has 0 spiro atoms. The zero-order chi connectivity index (χ0) is 19.7. The van der Waals surface area contributed by atoms with Gasteiger partial charge in [0.15, 0.2) is 5.65 Å². The van der Waals surface area contributed by atoms with Crippen LogP contribution in [0.2, 0.25) is 0 Å². The molecule has 3 aromatic rings. The van der Waals surface area contributed by atoms with Gasteiger partial charge in [-0.3, -0.25) is 9.48 Å². The van der Waals surface area contributed by atoms with Crippen molar-refractivity contribution >= 4 is 28.3 Å². The summed E-state index contributed by atoms with van der Waals surface area (Å²) in [5.74, 6) is 0.152. The molecule has 144 valence electrons. The summed E-state index contributed by atoms with van der Waals surface area (Å²) >= 11 is 1.67. The molecule has 27 heavy (non-hydrogen) atoms. The monoisotopic (exact) mass is 385 g/mol. The Kier molecular flexibility index (Phi) is 5.62. The number of pyridine rings is 1. The lowest BCUT2D eigenvalue weighted by atomic mass is 10.0. The standard InChI is InChI=1S/C20H27N5OS/c1-12(2)16-9-15(18-13(3)23-25(6)19(18)22-16)20(26)21-10-17(24(4)5)14-7-8-27-11-14/h7-9,11-12,17H,10H2,1-6H3,(H,21,26). The first-order chi connectivity index (χ1) is 12.8. The summed E-state index contributed by atoms with van der Waals surface area (Å²) in [6, 6.07) is 4.15. The van der Waals surface area contributed by atoms with Gasteiger partial charge in [0.1, 0.15) is 0 Å². The van der Waals surface area contributed by atoms with E-state index in [2.05, 4.69) is 46.0 Å². The smallest absolute Gasteiger partial charge is 0.252 e. The van der Waals surface area contributed by atoms with Crippen LogP contribution in [0.4, 0.5) is 0 Å². The summed E-state index contributed by atoms with van der Waals surface area (Å²) in [7, 11) is 5.93. The number of hydrogen-bond donors (Lipinski definition) is 1. The number of carbonyl (C=O) groups is 1. The third kappa shape index (κ3) is 3.89.